The zero-order chi connectivity index (χ0) is 39.4. The Labute approximate surface area is 311 Å². The molecule has 1 aromatic carbocycles. The zero-order valence-electron chi connectivity index (χ0n) is 30.6. The van der Waals surface area contributed by atoms with E-state index >= 15 is 4.39 Å². The first kappa shape index (κ1) is 39.8. The molecule has 3 amide bonds. The van der Waals surface area contributed by atoms with E-state index in [4.69, 9.17) is 11.2 Å². The maximum atomic E-state index is 15.6. The number of nitrogens with zero attached hydrogens (tertiary/aromatic N) is 8. The molecule has 0 aliphatic carbocycles. The van der Waals surface area contributed by atoms with Crippen LogP contribution in [0.5, 0.6) is 0 Å². The van der Waals surface area contributed by atoms with Gasteiger partial charge in [-0.25, -0.2) is 14.2 Å². The molecule has 2 fully saturated rings. The molecule has 1 atom stereocenters. The summed E-state index contributed by atoms with van der Waals surface area (Å²) in [4.78, 5) is 54.3. The number of aryl methyl sites for hydroxylation is 1. The van der Waals surface area contributed by atoms with E-state index in [1.165, 1.54) is 37.1 Å². The number of alkyl halides is 3. The Hall–Kier alpha value is -5.39. The summed E-state index contributed by atoms with van der Waals surface area (Å²) < 4.78 is 62.5. The molecule has 5 rings (SSSR count). The van der Waals surface area contributed by atoms with Gasteiger partial charge in [0.1, 0.15) is 29.3 Å². The molecule has 13 nitrogen and oxygen atoms in total. The summed E-state index contributed by atoms with van der Waals surface area (Å²) in [6, 6.07) is 5.60. The molecule has 4 heterocycles. The van der Waals surface area contributed by atoms with Crippen molar-refractivity contribution in [2.45, 2.75) is 31.1 Å². The number of terminal acetylenes is 1. The van der Waals surface area contributed by atoms with Gasteiger partial charge in [0.05, 0.1) is 22.5 Å². The van der Waals surface area contributed by atoms with Gasteiger partial charge in [0, 0.05) is 77.7 Å². The average Bonchev–Trinajstić information content (AvgIpc) is 3.10. The van der Waals surface area contributed by atoms with Crippen LogP contribution in [0.2, 0.25) is 0 Å². The largest absolute Gasteiger partial charge is 0.436 e. The molecule has 1 aromatic heterocycles. The number of hydrogen-bond donors (Lipinski definition) is 1. The van der Waals surface area contributed by atoms with E-state index in [9.17, 15) is 32.8 Å². The van der Waals surface area contributed by atoms with Crippen LogP contribution in [0, 0.1) is 36.4 Å². The molecular weight excluding hydrogens is 710 g/mol. The number of nitrogens with one attached hydrogen (secondary N) is 1. The van der Waals surface area contributed by atoms with E-state index < -0.39 is 46.7 Å². The molecule has 288 valence electrons. The van der Waals surface area contributed by atoms with Gasteiger partial charge in [-0.3, -0.25) is 19.4 Å². The molecule has 1 unspecified atom stereocenters. The number of benzene rings is 1. The number of pyridine rings is 1. The van der Waals surface area contributed by atoms with Crippen LogP contribution in [-0.4, -0.2) is 141 Å². The number of fused-ring (bicyclic) bond motifs is 1. The SMILES string of the molecule is C#CCOC(=O)N1CCN(CCN2CCC(Nc3nc(C)cc(C(F)(F)F)c3C#N)C(=O)N(C)c3cccc(F)c32)CC12CN(C(=O)C=CCN(C)C)C2. The lowest BCUT2D eigenvalue weighted by molar-refractivity contribution is -0.145. The van der Waals surface area contributed by atoms with E-state index in [1.54, 1.807) is 32.9 Å². The van der Waals surface area contributed by atoms with Crippen molar-refractivity contribution in [1.82, 2.24) is 24.6 Å². The topological polar surface area (TPSA) is 129 Å². The molecule has 0 bridgehead atoms. The number of hydrogen-bond acceptors (Lipinski definition) is 10. The van der Waals surface area contributed by atoms with Crippen LogP contribution in [-0.2, 0) is 20.5 Å². The molecule has 17 heteroatoms. The number of ether oxygens (including phenoxy) is 1. The van der Waals surface area contributed by atoms with Gasteiger partial charge in [-0.15, -0.1) is 6.42 Å². The second-order valence-corrected chi connectivity index (χ2v) is 13.9. The second kappa shape index (κ2) is 16.3. The highest BCUT2D eigenvalue weighted by Gasteiger charge is 2.54. The summed E-state index contributed by atoms with van der Waals surface area (Å²) in [7, 11) is 5.24. The number of amides is 3. The summed E-state index contributed by atoms with van der Waals surface area (Å²) in [5.41, 5.74) is -2.19. The van der Waals surface area contributed by atoms with Crippen LogP contribution < -0.4 is 15.1 Å². The molecule has 0 saturated carbocycles. The molecule has 2 aromatic rings. The minimum Gasteiger partial charge on any atom is -0.436 e. The predicted octanol–water partition coefficient (Wildman–Crippen LogP) is 3.16. The van der Waals surface area contributed by atoms with Gasteiger partial charge in [-0.05, 0) is 45.6 Å². The van der Waals surface area contributed by atoms with Gasteiger partial charge < -0.3 is 29.7 Å². The first-order chi connectivity index (χ1) is 25.6. The molecule has 3 aliphatic rings. The monoisotopic (exact) mass is 753 g/mol. The molecule has 54 heavy (non-hydrogen) atoms. The lowest BCUT2D eigenvalue weighted by atomic mass is 9.85. The number of carbonyl (C=O) groups is 3. The quantitative estimate of drug-likeness (QED) is 0.232. The average molecular weight is 754 g/mol. The molecule has 1 N–H and O–H groups in total. The highest BCUT2D eigenvalue weighted by atomic mass is 19.4. The standard InChI is InChI=1S/C37H43F4N9O4/c1-6-19-54-35(53)50-18-16-47(22-36(50)23-49(24-36)31(51)11-8-13-45(3)4)15-17-48-14-12-29(34(52)46(5)30-10-7-9-28(38)32(30)48)44-33-26(21-42)27(37(39,40)41)20-25(2)43-33/h1,7-11,20,29H,12-19,22-24H2,2-5H3,(H,43,44). The van der Waals surface area contributed by atoms with Crippen molar-refractivity contribution in [3.63, 3.8) is 0 Å². The first-order valence-corrected chi connectivity index (χ1v) is 17.4. The summed E-state index contributed by atoms with van der Waals surface area (Å²) in [5, 5.41) is 12.5. The molecule has 1 spiro atoms. The Kier molecular flexibility index (Phi) is 12.0. The summed E-state index contributed by atoms with van der Waals surface area (Å²) in [5.74, 6) is 0.651. The summed E-state index contributed by atoms with van der Waals surface area (Å²) >= 11 is 0. The third-order valence-electron chi connectivity index (χ3n) is 9.76. The van der Waals surface area contributed by atoms with Crippen molar-refractivity contribution in [1.29, 1.82) is 5.26 Å². The minimum atomic E-state index is -4.83. The van der Waals surface area contributed by atoms with Gasteiger partial charge in [-0.2, -0.15) is 18.4 Å². The van der Waals surface area contributed by atoms with Crippen molar-refractivity contribution >= 4 is 35.1 Å². The van der Waals surface area contributed by atoms with Crippen LogP contribution in [0.25, 0.3) is 0 Å². The fraction of sp³-hybridized carbons (Fsp3) is 0.486. The lowest BCUT2D eigenvalue weighted by Gasteiger charge is -2.59. The van der Waals surface area contributed by atoms with E-state index in [0.29, 0.717) is 32.7 Å². The molecule has 2 saturated heterocycles. The normalized spacial score (nSPS) is 18.9. The smallest absolute Gasteiger partial charge is 0.417 e. The van der Waals surface area contributed by atoms with Crippen molar-refractivity contribution < 1.29 is 36.7 Å². The number of piperazine rings is 1. The number of likely N-dealkylation sites (N-methyl/N-ethyl adjacent to an activating group) is 2. The number of rotatable bonds is 9. The Morgan fingerprint density at radius 2 is 1.93 bits per heavy atom. The number of carbonyl (C=O) groups excluding carboxylic acids is 3. The van der Waals surface area contributed by atoms with Gasteiger partial charge in [0.2, 0.25) is 11.8 Å². The van der Waals surface area contributed by atoms with Crippen molar-refractivity contribution in [2.75, 3.05) is 102 Å². The fourth-order valence-corrected chi connectivity index (χ4v) is 7.14. The van der Waals surface area contributed by atoms with Crippen molar-refractivity contribution in [3.05, 3.63) is 59.1 Å². The second-order valence-electron chi connectivity index (χ2n) is 13.9. The van der Waals surface area contributed by atoms with Crippen molar-refractivity contribution in [2.24, 2.45) is 0 Å². The molecular formula is C37H43F4N9O4. The minimum absolute atomic E-state index is 0.00596. The van der Waals surface area contributed by atoms with Gasteiger partial charge in [0.25, 0.3) is 0 Å². The summed E-state index contributed by atoms with van der Waals surface area (Å²) in [6.07, 6.45) is 3.24. The number of para-hydroxylation sites is 1. The fourth-order valence-electron chi connectivity index (χ4n) is 7.14. The third kappa shape index (κ3) is 8.53. The lowest BCUT2D eigenvalue weighted by Crippen LogP contribution is -2.78. The van der Waals surface area contributed by atoms with E-state index in [2.05, 4.69) is 21.1 Å². The number of likely N-dealkylation sites (tertiary alicyclic amines) is 1. The third-order valence-corrected chi connectivity index (χ3v) is 9.76. The van der Waals surface area contributed by atoms with E-state index in [-0.39, 0.29) is 68.0 Å². The maximum Gasteiger partial charge on any atom is 0.417 e. The van der Waals surface area contributed by atoms with Crippen LogP contribution >= 0.6 is 0 Å². The van der Waals surface area contributed by atoms with Crippen LogP contribution in [0.1, 0.15) is 23.2 Å². The number of nitriles is 1. The van der Waals surface area contributed by atoms with E-state index in [1.807, 2.05) is 19.0 Å². The van der Waals surface area contributed by atoms with Gasteiger partial charge in [-0.1, -0.05) is 18.1 Å². The predicted molar refractivity (Wildman–Crippen MR) is 193 cm³/mol. The maximum absolute atomic E-state index is 15.6. The number of halogens is 4. The van der Waals surface area contributed by atoms with Crippen molar-refractivity contribution in [3.8, 4) is 18.4 Å². The highest BCUT2D eigenvalue weighted by Crippen LogP contribution is 2.38. The highest BCUT2D eigenvalue weighted by molar-refractivity contribution is 6.01. The Morgan fingerprint density at radius 1 is 1.19 bits per heavy atom. The Morgan fingerprint density at radius 3 is 2.59 bits per heavy atom. The summed E-state index contributed by atoms with van der Waals surface area (Å²) in [6.45, 7) is 4.24. The van der Waals surface area contributed by atoms with Gasteiger partial charge in [0.15, 0.2) is 6.61 Å². The first-order valence-electron chi connectivity index (χ1n) is 17.4. The number of aromatic nitrogens is 1. The Bertz CT molecular complexity index is 1870. The Balaban J connectivity index is 1.36. The number of anilines is 3. The van der Waals surface area contributed by atoms with Crippen LogP contribution in [0.3, 0.4) is 0 Å². The van der Waals surface area contributed by atoms with Gasteiger partial charge >= 0.3 is 12.3 Å². The van der Waals surface area contributed by atoms with Crippen LogP contribution in [0.4, 0.5) is 39.5 Å². The molecule has 3 aliphatic heterocycles. The zero-order valence-corrected chi connectivity index (χ0v) is 30.6. The molecule has 0 radical (unpaired) electrons. The van der Waals surface area contributed by atoms with Crippen LogP contribution in [0.15, 0.2) is 36.4 Å². The van der Waals surface area contributed by atoms with E-state index in [0.717, 1.165) is 6.07 Å².